The zero-order chi connectivity index (χ0) is 7.98. The second-order valence-electron chi connectivity index (χ2n) is 2.32. The smallest absolute Gasteiger partial charge is 0.0897 e. The second-order valence-corrected chi connectivity index (χ2v) is 2.32. The molecule has 0 radical (unpaired) electrons. The van der Waals surface area contributed by atoms with Crippen LogP contribution in [0.15, 0.2) is 0 Å². The Balaban J connectivity index is 0. The van der Waals surface area contributed by atoms with Crippen LogP contribution in [-0.4, -0.2) is 52.9 Å². The first-order valence-corrected chi connectivity index (χ1v) is 3.75. The molecule has 0 saturated carbocycles. The lowest BCUT2D eigenvalue weighted by molar-refractivity contribution is 0.0623. The Morgan fingerprint density at radius 1 is 1.27 bits per heavy atom. The summed E-state index contributed by atoms with van der Waals surface area (Å²) in [6.45, 7) is 6.35. The summed E-state index contributed by atoms with van der Waals surface area (Å²) in [5.41, 5.74) is 0. The first kappa shape index (κ1) is 13.4. The van der Waals surface area contributed by atoms with Gasteiger partial charge in [-0.05, 0) is 13.1 Å². The quantitative estimate of drug-likeness (QED) is 0.540. The van der Waals surface area contributed by atoms with Crippen LogP contribution in [0.2, 0.25) is 0 Å². The van der Waals surface area contributed by atoms with E-state index < -0.39 is 6.10 Å². The summed E-state index contributed by atoms with van der Waals surface area (Å²) in [5.74, 6) is 0. The average molecular weight is 165 g/mol. The van der Waals surface area contributed by atoms with Crippen molar-refractivity contribution in [2.24, 2.45) is 0 Å². The third-order valence-corrected chi connectivity index (χ3v) is 1.57. The van der Waals surface area contributed by atoms with Crippen molar-refractivity contribution in [3.63, 3.8) is 0 Å². The highest BCUT2D eigenvalue weighted by atomic mass is 16.3. The van der Waals surface area contributed by atoms with Gasteiger partial charge >= 0.3 is 0 Å². The summed E-state index contributed by atoms with van der Waals surface area (Å²) in [7, 11) is 0. The van der Waals surface area contributed by atoms with Crippen molar-refractivity contribution in [3.8, 4) is 0 Å². The largest absolute Gasteiger partial charge is 0.412 e. The Bertz CT molecular complexity index is 76.1. The highest BCUT2D eigenvalue weighted by Gasteiger charge is 2.05. The van der Waals surface area contributed by atoms with Crippen LogP contribution in [0.1, 0.15) is 13.8 Å². The maximum absolute atomic E-state index is 9.00. The van der Waals surface area contributed by atoms with E-state index in [0.717, 1.165) is 13.1 Å². The molecule has 0 rings (SSSR count). The molecule has 1 unspecified atom stereocenters. The van der Waals surface area contributed by atoms with Crippen LogP contribution >= 0.6 is 0 Å². The lowest BCUT2D eigenvalue weighted by Gasteiger charge is -2.20. The highest BCUT2D eigenvalue weighted by molar-refractivity contribution is 4.59. The van der Waals surface area contributed by atoms with E-state index in [-0.39, 0.29) is 12.1 Å². The number of likely N-dealkylation sites (N-methyl/N-ethyl adjacent to an activating group) is 1. The molecule has 0 amide bonds. The molecule has 0 aliphatic carbocycles. The molecule has 0 saturated heterocycles. The van der Waals surface area contributed by atoms with Crippen LogP contribution in [0.5, 0.6) is 0 Å². The molecule has 0 spiro atoms. The number of nitrogens with zero attached hydrogens (tertiary/aromatic N) is 1. The monoisotopic (exact) mass is 165 g/mol. The number of rotatable bonds is 5. The zero-order valence-electron chi connectivity index (χ0n) is 7.25. The Morgan fingerprint density at radius 2 is 1.73 bits per heavy atom. The fraction of sp³-hybridized carbons (Fsp3) is 1.00. The molecule has 0 heterocycles. The summed E-state index contributed by atoms with van der Waals surface area (Å²) in [5, 5.41) is 17.5. The zero-order valence-corrected chi connectivity index (χ0v) is 7.25. The van der Waals surface area contributed by atoms with Crippen molar-refractivity contribution < 1.29 is 15.7 Å². The molecule has 4 heteroatoms. The van der Waals surface area contributed by atoms with Gasteiger partial charge in [0.05, 0.1) is 12.7 Å². The average Bonchev–Trinajstić information content (AvgIpc) is 1.99. The van der Waals surface area contributed by atoms with Crippen LogP contribution < -0.4 is 0 Å². The topological polar surface area (TPSA) is 75.2 Å². The molecule has 0 bridgehead atoms. The van der Waals surface area contributed by atoms with Crippen LogP contribution in [0.3, 0.4) is 0 Å². The summed E-state index contributed by atoms with van der Waals surface area (Å²) in [4.78, 5) is 2.07. The predicted molar refractivity (Wildman–Crippen MR) is 44.5 cm³/mol. The first-order chi connectivity index (χ1) is 4.74. The minimum Gasteiger partial charge on any atom is -0.412 e. The third-order valence-electron chi connectivity index (χ3n) is 1.57. The van der Waals surface area contributed by atoms with E-state index >= 15 is 0 Å². The minimum absolute atomic E-state index is 0. The number of aliphatic hydroxyl groups excluding tert-OH is 2. The number of hydrogen-bond donors (Lipinski definition) is 2. The van der Waals surface area contributed by atoms with Crippen molar-refractivity contribution in [2.45, 2.75) is 20.0 Å². The number of hydrogen-bond acceptors (Lipinski definition) is 3. The van der Waals surface area contributed by atoms with Crippen molar-refractivity contribution in [1.82, 2.24) is 4.90 Å². The van der Waals surface area contributed by atoms with Crippen molar-refractivity contribution >= 4 is 0 Å². The van der Waals surface area contributed by atoms with Gasteiger partial charge in [-0.3, -0.25) is 0 Å². The third kappa shape index (κ3) is 6.25. The van der Waals surface area contributed by atoms with E-state index in [1.807, 2.05) is 13.8 Å². The SMILES string of the molecule is CCN(CC)CC(O)CO.O. The Hall–Kier alpha value is -0.160. The highest BCUT2D eigenvalue weighted by Crippen LogP contribution is 1.90. The summed E-state index contributed by atoms with van der Waals surface area (Å²) in [6.07, 6.45) is -0.583. The van der Waals surface area contributed by atoms with Gasteiger partial charge in [0.2, 0.25) is 0 Å². The van der Waals surface area contributed by atoms with Gasteiger partial charge in [0, 0.05) is 6.54 Å². The predicted octanol–water partition coefficient (Wildman–Crippen LogP) is -1.14. The summed E-state index contributed by atoms with van der Waals surface area (Å²) >= 11 is 0. The molecule has 0 aliphatic heterocycles. The maximum atomic E-state index is 9.00. The van der Waals surface area contributed by atoms with Crippen molar-refractivity contribution in [2.75, 3.05) is 26.2 Å². The van der Waals surface area contributed by atoms with Gasteiger partial charge in [0.25, 0.3) is 0 Å². The Morgan fingerprint density at radius 3 is 2.00 bits per heavy atom. The Labute approximate surface area is 67.8 Å². The molecular weight excluding hydrogens is 146 g/mol. The van der Waals surface area contributed by atoms with Crippen molar-refractivity contribution in [1.29, 1.82) is 0 Å². The fourth-order valence-electron chi connectivity index (χ4n) is 0.838. The van der Waals surface area contributed by atoms with Gasteiger partial charge in [-0.25, -0.2) is 0 Å². The lowest BCUT2D eigenvalue weighted by atomic mass is 10.3. The molecular formula is C7H19NO3. The van der Waals surface area contributed by atoms with Gasteiger partial charge in [-0.2, -0.15) is 0 Å². The van der Waals surface area contributed by atoms with E-state index in [1.165, 1.54) is 0 Å². The van der Waals surface area contributed by atoms with Crippen LogP contribution in [0.25, 0.3) is 0 Å². The van der Waals surface area contributed by atoms with Crippen molar-refractivity contribution in [3.05, 3.63) is 0 Å². The van der Waals surface area contributed by atoms with Crippen LogP contribution in [0, 0.1) is 0 Å². The van der Waals surface area contributed by atoms with Crippen LogP contribution in [-0.2, 0) is 0 Å². The maximum Gasteiger partial charge on any atom is 0.0897 e. The molecule has 0 aliphatic rings. The molecule has 0 aromatic rings. The lowest BCUT2D eigenvalue weighted by Crippen LogP contribution is -2.33. The summed E-state index contributed by atoms with van der Waals surface area (Å²) in [6, 6.07) is 0. The fourth-order valence-corrected chi connectivity index (χ4v) is 0.838. The molecule has 4 N–H and O–H groups in total. The van der Waals surface area contributed by atoms with Gasteiger partial charge in [-0.15, -0.1) is 0 Å². The molecule has 4 nitrogen and oxygen atoms in total. The van der Waals surface area contributed by atoms with E-state index in [1.54, 1.807) is 0 Å². The van der Waals surface area contributed by atoms with E-state index in [9.17, 15) is 0 Å². The molecule has 0 aromatic heterocycles. The van der Waals surface area contributed by atoms with Gasteiger partial charge in [-0.1, -0.05) is 13.8 Å². The molecule has 1 atom stereocenters. The van der Waals surface area contributed by atoms with E-state index in [2.05, 4.69) is 4.90 Å². The van der Waals surface area contributed by atoms with Crippen LogP contribution in [0.4, 0.5) is 0 Å². The molecule has 11 heavy (non-hydrogen) atoms. The molecule has 70 valence electrons. The molecule has 0 fully saturated rings. The molecule has 0 aromatic carbocycles. The van der Waals surface area contributed by atoms with Gasteiger partial charge < -0.3 is 20.6 Å². The Kier molecular flexibility index (Phi) is 9.70. The van der Waals surface area contributed by atoms with E-state index in [4.69, 9.17) is 10.2 Å². The van der Waals surface area contributed by atoms with E-state index in [0.29, 0.717) is 6.54 Å². The van der Waals surface area contributed by atoms with Gasteiger partial charge in [0.15, 0.2) is 0 Å². The summed E-state index contributed by atoms with van der Waals surface area (Å²) < 4.78 is 0. The second kappa shape index (κ2) is 7.94. The first-order valence-electron chi connectivity index (χ1n) is 3.75. The number of aliphatic hydroxyl groups is 2. The standard InChI is InChI=1S/C7H17NO2.H2O/c1-3-8(4-2)5-7(10)6-9;/h7,9-10H,3-6H2,1-2H3;1H2. The minimum atomic E-state index is -0.583. The normalized spacial score (nSPS) is 12.8. The van der Waals surface area contributed by atoms with Gasteiger partial charge in [0.1, 0.15) is 0 Å².